The fraction of sp³-hybridized carbons (Fsp3) is 0.417. The quantitative estimate of drug-likeness (QED) is 0.414. The molecule has 0 aromatic heterocycles. The number of ether oxygens (including phenoxy) is 1. The van der Waals surface area contributed by atoms with Gasteiger partial charge in [-0.15, -0.1) is 0 Å². The molecule has 1 aromatic carbocycles. The first kappa shape index (κ1) is 13.3. The zero-order chi connectivity index (χ0) is 12.7. The Hall–Kier alpha value is -1.75. The molecule has 0 atom stereocenters. The smallest absolute Gasteiger partial charge is 0.269 e. The summed E-state index contributed by atoms with van der Waals surface area (Å²) in [5, 5.41) is 10.4. The second-order valence-corrected chi connectivity index (χ2v) is 3.59. The van der Waals surface area contributed by atoms with Gasteiger partial charge < -0.3 is 4.74 Å². The van der Waals surface area contributed by atoms with Crippen molar-refractivity contribution < 1.29 is 14.5 Å². The van der Waals surface area contributed by atoms with E-state index in [4.69, 9.17) is 4.74 Å². The van der Waals surface area contributed by atoms with Crippen LogP contribution in [0.25, 0.3) is 0 Å². The van der Waals surface area contributed by atoms with Crippen molar-refractivity contribution in [3.63, 3.8) is 0 Å². The van der Waals surface area contributed by atoms with E-state index in [1.54, 1.807) is 12.1 Å². The molecule has 1 rings (SSSR count). The normalized spacial score (nSPS) is 10.2. The molecule has 0 saturated carbocycles. The van der Waals surface area contributed by atoms with Gasteiger partial charge in [0.2, 0.25) is 0 Å². The van der Waals surface area contributed by atoms with Crippen LogP contribution in [-0.4, -0.2) is 23.9 Å². The number of ketones is 1. The summed E-state index contributed by atoms with van der Waals surface area (Å²) in [4.78, 5) is 21.5. The number of carbonyl (C=O) groups excluding carboxylic acids is 1. The van der Waals surface area contributed by atoms with E-state index in [2.05, 4.69) is 0 Å². The van der Waals surface area contributed by atoms with Crippen LogP contribution in [0.1, 0.15) is 18.9 Å². The molecule has 92 valence electrons. The van der Waals surface area contributed by atoms with E-state index in [1.165, 1.54) is 12.1 Å². The van der Waals surface area contributed by atoms with Gasteiger partial charge in [0.1, 0.15) is 5.78 Å². The van der Waals surface area contributed by atoms with Gasteiger partial charge in [-0.1, -0.05) is 12.1 Å². The van der Waals surface area contributed by atoms with Crippen LogP contribution < -0.4 is 0 Å². The van der Waals surface area contributed by atoms with Crippen LogP contribution >= 0.6 is 0 Å². The number of hydrogen-bond donors (Lipinski definition) is 0. The molecule has 17 heavy (non-hydrogen) atoms. The summed E-state index contributed by atoms with van der Waals surface area (Å²) in [6.45, 7) is 2.91. The van der Waals surface area contributed by atoms with E-state index in [9.17, 15) is 14.9 Å². The van der Waals surface area contributed by atoms with Gasteiger partial charge in [-0.25, -0.2) is 0 Å². The number of hydrogen-bond acceptors (Lipinski definition) is 4. The highest BCUT2D eigenvalue weighted by Crippen LogP contribution is 2.12. The van der Waals surface area contributed by atoms with Crippen LogP contribution in [0.3, 0.4) is 0 Å². The zero-order valence-electron chi connectivity index (χ0n) is 9.72. The van der Waals surface area contributed by atoms with Crippen LogP contribution in [0.2, 0.25) is 0 Å². The number of non-ortho nitro benzene ring substituents is 1. The molecule has 0 saturated heterocycles. The summed E-state index contributed by atoms with van der Waals surface area (Å²) in [6, 6.07) is 6.03. The Kier molecular flexibility index (Phi) is 5.29. The minimum atomic E-state index is -0.458. The molecule has 0 aliphatic heterocycles. The summed E-state index contributed by atoms with van der Waals surface area (Å²) in [5.41, 5.74) is 0.826. The maximum Gasteiger partial charge on any atom is 0.269 e. The summed E-state index contributed by atoms with van der Waals surface area (Å²) < 4.78 is 5.08. The fourth-order valence-corrected chi connectivity index (χ4v) is 1.38. The molecule has 0 amide bonds. The maximum atomic E-state index is 11.5. The van der Waals surface area contributed by atoms with E-state index in [-0.39, 0.29) is 11.5 Å². The van der Waals surface area contributed by atoms with Crippen molar-refractivity contribution in [2.75, 3.05) is 13.2 Å². The summed E-state index contributed by atoms with van der Waals surface area (Å²) in [7, 11) is 0. The van der Waals surface area contributed by atoms with Gasteiger partial charge in [0.25, 0.3) is 5.69 Å². The molecular weight excluding hydrogens is 222 g/mol. The third-order valence-corrected chi connectivity index (χ3v) is 2.28. The maximum absolute atomic E-state index is 11.5. The molecule has 5 heteroatoms. The minimum absolute atomic E-state index is 0.0375. The number of nitrogens with zero attached hydrogens (tertiary/aromatic N) is 1. The van der Waals surface area contributed by atoms with E-state index in [1.807, 2.05) is 6.92 Å². The van der Waals surface area contributed by atoms with Crippen molar-refractivity contribution in [1.82, 2.24) is 0 Å². The Labute approximate surface area is 99.5 Å². The molecule has 0 fully saturated rings. The Bertz CT molecular complexity index is 386. The first-order valence-corrected chi connectivity index (χ1v) is 5.46. The van der Waals surface area contributed by atoms with Gasteiger partial charge in [-0.2, -0.15) is 0 Å². The molecule has 0 spiro atoms. The molecule has 0 bridgehead atoms. The van der Waals surface area contributed by atoms with Gasteiger partial charge >= 0.3 is 0 Å². The molecule has 0 N–H and O–H groups in total. The first-order valence-electron chi connectivity index (χ1n) is 5.46. The predicted octanol–water partition coefficient (Wildman–Crippen LogP) is 2.13. The second kappa shape index (κ2) is 6.75. The van der Waals surface area contributed by atoms with Gasteiger partial charge in [-0.05, 0) is 12.5 Å². The third kappa shape index (κ3) is 4.74. The summed E-state index contributed by atoms with van der Waals surface area (Å²) >= 11 is 0. The topological polar surface area (TPSA) is 69.4 Å². The molecule has 1 aromatic rings. The van der Waals surface area contributed by atoms with Crippen molar-refractivity contribution in [2.24, 2.45) is 0 Å². The van der Waals surface area contributed by atoms with E-state index in [0.717, 1.165) is 5.56 Å². The SMILES string of the molecule is CCOCCC(=O)Cc1ccc([N+](=O)[O-])cc1. The number of Topliss-reactive ketones (excluding diaryl/α,β-unsaturated/α-hetero) is 1. The van der Waals surface area contributed by atoms with Gasteiger partial charge in [0, 0.05) is 31.6 Å². The molecule has 0 aliphatic carbocycles. The van der Waals surface area contributed by atoms with Crippen LogP contribution in [-0.2, 0) is 16.0 Å². The highest BCUT2D eigenvalue weighted by Gasteiger charge is 2.07. The lowest BCUT2D eigenvalue weighted by molar-refractivity contribution is -0.384. The molecule has 0 heterocycles. The standard InChI is InChI=1S/C12H15NO4/c1-2-17-8-7-12(14)9-10-3-5-11(6-4-10)13(15)16/h3-6H,2,7-9H2,1H3. The lowest BCUT2D eigenvalue weighted by Crippen LogP contribution is -2.07. The highest BCUT2D eigenvalue weighted by atomic mass is 16.6. The third-order valence-electron chi connectivity index (χ3n) is 2.28. The number of nitro benzene ring substituents is 1. The monoisotopic (exact) mass is 237 g/mol. The molecule has 0 radical (unpaired) electrons. The number of carbonyl (C=O) groups is 1. The Balaban J connectivity index is 2.46. The molecule has 0 unspecified atom stereocenters. The average Bonchev–Trinajstić information content (AvgIpc) is 2.30. The molecular formula is C12H15NO4. The first-order chi connectivity index (χ1) is 8.13. The lowest BCUT2D eigenvalue weighted by atomic mass is 10.1. The summed E-state index contributed by atoms with van der Waals surface area (Å²) in [6.07, 6.45) is 0.676. The van der Waals surface area contributed by atoms with Crippen molar-refractivity contribution in [1.29, 1.82) is 0 Å². The largest absolute Gasteiger partial charge is 0.381 e. The number of nitro groups is 1. The van der Waals surface area contributed by atoms with Crippen molar-refractivity contribution in [3.8, 4) is 0 Å². The minimum Gasteiger partial charge on any atom is -0.381 e. The molecule has 5 nitrogen and oxygen atoms in total. The van der Waals surface area contributed by atoms with Crippen LogP contribution in [0.5, 0.6) is 0 Å². The number of rotatable bonds is 7. The second-order valence-electron chi connectivity index (χ2n) is 3.59. The van der Waals surface area contributed by atoms with Crippen LogP contribution in [0.4, 0.5) is 5.69 Å². The fourth-order valence-electron chi connectivity index (χ4n) is 1.38. The Morgan fingerprint density at radius 3 is 2.53 bits per heavy atom. The van der Waals surface area contributed by atoms with E-state index >= 15 is 0 Å². The van der Waals surface area contributed by atoms with Gasteiger partial charge in [0.15, 0.2) is 0 Å². The number of benzene rings is 1. The zero-order valence-corrected chi connectivity index (χ0v) is 9.72. The van der Waals surface area contributed by atoms with E-state index < -0.39 is 4.92 Å². The Morgan fingerprint density at radius 1 is 1.35 bits per heavy atom. The van der Waals surface area contributed by atoms with Crippen LogP contribution in [0, 0.1) is 10.1 Å². The summed E-state index contributed by atoms with van der Waals surface area (Å²) in [5.74, 6) is 0.0762. The lowest BCUT2D eigenvalue weighted by Gasteiger charge is -2.01. The predicted molar refractivity (Wildman–Crippen MR) is 62.9 cm³/mol. The van der Waals surface area contributed by atoms with E-state index in [0.29, 0.717) is 26.1 Å². The van der Waals surface area contributed by atoms with Crippen molar-refractivity contribution in [3.05, 3.63) is 39.9 Å². The highest BCUT2D eigenvalue weighted by molar-refractivity contribution is 5.80. The van der Waals surface area contributed by atoms with Gasteiger partial charge in [0.05, 0.1) is 11.5 Å². The molecule has 0 aliphatic rings. The Morgan fingerprint density at radius 2 is 2.00 bits per heavy atom. The van der Waals surface area contributed by atoms with Gasteiger partial charge in [-0.3, -0.25) is 14.9 Å². The van der Waals surface area contributed by atoms with Crippen molar-refractivity contribution >= 4 is 11.5 Å². The van der Waals surface area contributed by atoms with Crippen LogP contribution in [0.15, 0.2) is 24.3 Å². The van der Waals surface area contributed by atoms with Crippen molar-refractivity contribution in [2.45, 2.75) is 19.8 Å². The average molecular weight is 237 g/mol.